The van der Waals surface area contributed by atoms with Gasteiger partial charge in [-0.3, -0.25) is 19.3 Å². The van der Waals surface area contributed by atoms with Crippen LogP contribution in [-0.2, 0) is 23.9 Å². The van der Waals surface area contributed by atoms with Crippen molar-refractivity contribution >= 4 is 45.5 Å². The number of aromatic nitrogens is 1. The molecule has 0 saturated heterocycles. The summed E-state index contributed by atoms with van der Waals surface area (Å²) < 4.78 is 11.2. The highest BCUT2D eigenvalue weighted by Gasteiger charge is 2.25. The van der Waals surface area contributed by atoms with E-state index in [2.05, 4.69) is 26.2 Å². The van der Waals surface area contributed by atoms with Crippen LogP contribution in [0.15, 0.2) is 47.1 Å². The molecule has 0 saturated carbocycles. The highest BCUT2D eigenvalue weighted by molar-refractivity contribution is 9.10. The second-order valence-corrected chi connectivity index (χ2v) is 10.9. The maximum absolute atomic E-state index is 12.8. The van der Waals surface area contributed by atoms with Gasteiger partial charge in [0, 0.05) is 36.0 Å². The molecule has 0 radical (unpaired) electrons. The minimum Gasteiger partial charge on any atom is -0.469 e. The van der Waals surface area contributed by atoms with Crippen LogP contribution in [-0.4, -0.2) is 54.5 Å². The Morgan fingerprint density at radius 3 is 2.37 bits per heavy atom. The van der Waals surface area contributed by atoms with Crippen molar-refractivity contribution in [3.63, 3.8) is 0 Å². The molecular weight excluding hydrogens is 554 g/mol. The molecule has 0 fully saturated rings. The van der Waals surface area contributed by atoms with Crippen LogP contribution in [0, 0.1) is 6.92 Å². The number of methoxy groups -OCH3 is 1. The van der Waals surface area contributed by atoms with Crippen molar-refractivity contribution in [3.05, 3.63) is 58.2 Å². The summed E-state index contributed by atoms with van der Waals surface area (Å²) in [4.78, 5) is 55.4. The highest BCUT2D eigenvalue weighted by Crippen LogP contribution is 2.26. The number of nitrogens with zero attached hydrogens (tertiary/aromatic N) is 2. The molecule has 9 nitrogen and oxygen atoms in total. The van der Waals surface area contributed by atoms with Crippen molar-refractivity contribution < 1.29 is 28.7 Å². The van der Waals surface area contributed by atoms with E-state index in [1.54, 1.807) is 33.0 Å². The van der Waals surface area contributed by atoms with Crippen molar-refractivity contribution in [2.45, 2.75) is 64.9 Å². The van der Waals surface area contributed by atoms with Gasteiger partial charge in [-0.2, -0.15) is 0 Å². The van der Waals surface area contributed by atoms with E-state index in [1.807, 2.05) is 37.3 Å². The molecule has 0 bridgehead atoms. The van der Waals surface area contributed by atoms with E-state index in [0.717, 1.165) is 15.6 Å². The molecule has 1 aromatic heterocycles. The lowest BCUT2D eigenvalue weighted by Crippen LogP contribution is -2.38. The summed E-state index contributed by atoms with van der Waals surface area (Å²) in [5.41, 5.74) is 1.09. The van der Waals surface area contributed by atoms with Crippen LogP contribution in [0.3, 0.4) is 0 Å². The number of hydrogen-bond acceptors (Lipinski definition) is 7. The number of carbonyl (C=O) groups is 4. The molecule has 0 unspecified atom stereocenters. The van der Waals surface area contributed by atoms with Crippen molar-refractivity contribution in [1.29, 1.82) is 0 Å². The lowest BCUT2D eigenvalue weighted by Gasteiger charge is -2.27. The molecule has 1 aromatic carbocycles. The van der Waals surface area contributed by atoms with Gasteiger partial charge in [0.1, 0.15) is 11.4 Å². The first-order valence-electron chi connectivity index (χ1n) is 12.4. The van der Waals surface area contributed by atoms with Gasteiger partial charge in [-0.05, 0) is 69.5 Å². The van der Waals surface area contributed by atoms with E-state index in [-0.39, 0.29) is 50.0 Å². The summed E-state index contributed by atoms with van der Waals surface area (Å²) in [6.07, 6.45) is 1.67. The number of ketones is 1. The monoisotopic (exact) mass is 589 g/mol. The van der Waals surface area contributed by atoms with Crippen molar-refractivity contribution in [3.8, 4) is 0 Å². The predicted molar refractivity (Wildman–Crippen MR) is 148 cm³/mol. The molecular formula is C28H36BrN3O6. The number of benzene rings is 1. The van der Waals surface area contributed by atoms with Gasteiger partial charge in [0.25, 0.3) is 0 Å². The third-order valence-corrected chi connectivity index (χ3v) is 6.04. The zero-order valence-electron chi connectivity index (χ0n) is 22.6. The number of aryl methyl sites for hydroxylation is 1. The fourth-order valence-corrected chi connectivity index (χ4v) is 3.91. The molecule has 0 aliphatic carbocycles. The Labute approximate surface area is 232 Å². The Morgan fingerprint density at radius 2 is 1.76 bits per heavy atom. The Kier molecular flexibility index (Phi) is 11.9. The quantitative estimate of drug-likeness (QED) is 0.342. The van der Waals surface area contributed by atoms with E-state index in [4.69, 9.17) is 9.47 Å². The fourth-order valence-electron chi connectivity index (χ4n) is 3.64. The van der Waals surface area contributed by atoms with Gasteiger partial charge in [-0.25, -0.2) is 9.78 Å². The summed E-state index contributed by atoms with van der Waals surface area (Å²) in [6, 6.07) is 11.0. The van der Waals surface area contributed by atoms with Crippen LogP contribution in [0.1, 0.15) is 63.5 Å². The van der Waals surface area contributed by atoms with Crippen LogP contribution in [0.4, 0.5) is 10.6 Å². The summed E-state index contributed by atoms with van der Waals surface area (Å²) in [6.45, 7) is 7.31. The summed E-state index contributed by atoms with van der Waals surface area (Å²) in [5, 5.41) is 2.64. The lowest BCUT2D eigenvalue weighted by molar-refractivity contribution is -0.141. The van der Waals surface area contributed by atoms with Crippen LogP contribution >= 0.6 is 15.9 Å². The Balaban J connectivity index is 1.91. The SMILES string of the molecule is COC(=O)C[C@H](CC(=O)CNC(=O)CCCN(C(=O)OC(C)(C)C)c1cc(C)ccn1)c1ccc(Br)cc1. The molecule has 2 rings (SSSR count). The summed E-state index contributed by atoms with van der Waals surface area (Å²) in [7, 11) is 1.31. The van der Waals surface area contributed by atoms with Crippen LogP contribution in [0.5, 0.6) is 0 Å². The van der Waals surface area contributed by atoms with Crippen molar-refractivity contribution in [2.75, 3.05) is 25.1 Å². The molecule has 0 aliphatic heterocycles. The Bertz CT molecular complexity index is 1110. The average Bonchev–Trinajstić information content (AvgIpc) is 2.84. The van der Waals surface area contributed by atoms with Crippen LogP contribution in [0.25, 0.3) is 0 Å². The number of anilines is 1. The van der Waals surface area contributed by atoms with Gasteiger partial charge in [0.05, 0.1) is 20.1 Å². The molecule has 0 aliphatic rings. The number of Topliss-reactive ketones (excluding diaryl/α,β-unsaturated/α-hetero) is 1. The van der Waals surface area contributed by atoms with E-state index >= 15 is 0 Å². The Hall–Kier alpha value is -3.27. The first-order valence-corrected chi connectivity index (χ1v) is 13.2. The third-order valence-electron chi connectivity index (χ3n) is 5.52. The summed E-state index contributed by atoms with van der Waals surface area (Å²) in [5.74, 6) is -0.835. The minimum atomic E-state index is -0.682. The molecule has 10 heteroatoms. The van der Waals surface area contributed by atoms with E-state index < -0.39 is 17.7 Å². The number of carbonyl (C=O) groups excluding carboxylic acids is 4. The summed E-state index contributed by atoms with van der Waals surface area (Å²) >= 11 is 3.38. The van der Waals surface area contributed by atoms with E-state index in [1.165, 1.54) is 12.0 Å². The smallest absolute Gasteiger partial charge is 0.416 e. The highest BCUT2D eigenvalue weighted by atomic mass is 79.9. The molecule has 0 spiro atoms. The standard InChI is InChI=1S/C28H36BrN3O6/c1-19-12-13-30-24(15-19)32(27(36)38-28(2,3)4)14-6-7-25(34)31-18-23(33)16-21(17-26(35)37-5)20-8-10-22(29)11-9-20/h8-13,15,21H,6-7,14,16-18H2,1-5H3,(H,31,34)/t21-/m0/s1. The van der Waals surface area contributed by atoms with Gasteiger partial charge >= 0.3 is 12.1 Å². The zero-order valence-corrected chi connectivity index (χ0v) is 24.2. The predicted octanol–water partition coefficient (Wildman–Crippen LogP) is 5.10. The average molecular weight is 591 g/mol. The first-order chi connectivity index (χ1) is 17.9. The van der Waals surface area contributed by atoms with E-state index in [0.29, 0.717) is 12.2 Å². The second-order valence-electron chi connectivity index (χ2n) is 9.98. The first kappa shape index (κ1) is 31.0. The molecule has 206 valence electrons. The Morgan fingerprint density at radius 1 is 1.08 bits per heavy atom. The molecule has 2 amide bonds. The molecule has 1 heterocycles. The second kappa shape index (κ2) is 14.6. The number of halogens is 1. The largest absolute Gasteiger partial charge is 0.469 e. The number of hydrogen-bond donors (Lipinski definition) is 1. The topological polar surface area (TPSA) is 115 Å². The molecule has 38 heavy (non-hydrogen) atoms. The number of rotatable bonds is 12. The maximum atomic E-state index is 12.8. The van der Waals surface area contributed by atoms with Crippen molar-refractivity contribution in [2.24, 2.45) is 0 Å². The number of esters is 1. The fraction of sp³-hybridized carbons (Fsp3) is 0.464. The molecule has 1 atom stereocenters. The van der Waals surface area contributed by atoms with Crippen LogP contribution in [0.2, 0.25) is 0 Å². The maximum Gasteiger partial charge on any atom is 0.416 e. The normalized spacial score (nSPS) is 11.8. The number of pyridine rings is 1. The van der Waals surface area contributed by atoms with Gasteiger partial charge in [-0.1, -0.05) is 28.1 Å². The molecule has 2 aromatic rings. The third kappa shape index (κ3) is 11.0. The minimum absolute atomic E-state index is 0.0608. The lowest BCUT2D eigenvalue weighted by atomic mass is 9.90. The number of amides is 2. The number of ether oxygens (including phenoxy) is 2. The van der Waals surface area contributed by atoms with Crippen LogP contribution < -0.4 is 10.2 Å². The number of nitrogens with one attached hydrogen (secondary N) is 1. The van der Waals surface area contributed by atoms with Gasteiger partial charge in [0.15, 0.2) is 5.78 Å². The van der Waals surface area contributed by atoms with Gasteiger partial charge in [-0.15, -0.1) is 0 Å². The molecule has 1 N–H and O–H groups in total. The van der Waals surface area contributed by atoms with Gasteiger partial charge in [0.2, 0.25) is 5.91 Å². The van der Waals surface area contributed by atoms with Crippen molar-refractivity contribution in [1.82, 2.24) is 10.3 Å². The van der Waals surface area contributed by atoms with Gasteiger partial charge < -0.3 is 14.8 Å². The van der Waals surface area contributed by atoms with E-state index in [9.17, 15) is 19.2 Å². The zero-order chi connectivity index (χ0) is 28.3.